The Balaban J connectivity index is 1.54. The summed E-state index contributed by atoms with van der Waals surface area (Å²) in [6.45, 7) is 0. The molecule has 186 valence electrons. The lowest BCUT2D eigenvalue weighted by Crippen LogP contribution is -2.04. The summed E-state index contributed by atoms with van der Waals surface area (Å²) in [5, 5.41) is 34.5. The Kier molecular flexibility index (Phi) is 7.33. The molecular weight excluding hydrogens is 545 g/mol. The molecule has 6 nitrogen and oxygen atoms in total. The molecule has 2 N–H and O–H groups in total. The number of thioether (sulfide) groups is 1. The van der Waals surface area contributed by atoms with Gasteiger partial charge in [-0.15, -0.1) is 22.7 Å². The Hall–Kier alpha value is -4.29. The largest absolute Gasteiger partial charge is 0.510 e. The first-order valence-corrected chi connectivity index (χ1v) is 13.6. The molecule has 38 heavy (non-hydrogen) atoms. The normalized spacial score (nSPS) is 12.5. The van der Waals surface area contributed by atoms with Gasteiger partial charge in [0.1, 0.15) is 50.7 Å². The molecule has 0 fully saturated rings. The van der Waals surface area contributed by atoms with Gasteiger partial charge in [-0.05, 0) is 36.4 Å². The minimum Gasteiger partial charge on any atom is -0.510 e. The van der Waals surface area contributed by atoms with E-state index in [1.807, 2.05) is 54.6 Å². The lowest BCUT2D eigenvalue weighted by Gasteiger charge is -2.13. The number of nitriles is 2. The van der Waals surface area contributed by atoms with Gasteiger partial charge in [-0.1, -0.05) is 36.0 Å². The van der Waals surface area contributed by atoms with Crippen molar-refractivity contribution in [1.82, 2.24) is 9.97 Å². The van der Waals surface area contributed by atoms with Crippen LogP contribution in [0.25, 0.3) is 31.6 Å². The van der Waals surface area contributed by atoms with Crippen LogP contribution in [-0.2, 0) is 0 Å². The van der Waals surface area contributed by atoms with Gasteiger partial charge in [0.25, 0.3) is 0 Å². The number of allylic oxidation sites excluding steroid dienone is 2. The summed E-state index contributed by atoms with van der Waals surface area (Å²) in [7, 11) is 0. The van der Waals surface area contributed by atoms with E-state index >= 15 is 0 Å². The van der Waals surface area contributed by atoms with Crippen LogP contribution >= 0.6 is 34.4 Å². The van der Waals surface area contributed by atoms with Gasteiger partial charge in [0.2, 0.25) is 0 Å². The summed E-state index contributed by atoms with van der Waals surface area (Å²) in [6.07, 6.45) is 0. The van der Waals surface area contributed by atoms with Crippen LogP contribution in [0.1, 0.15) is 10.0 Å². The zero-order valence-corrected chi connectivity index (χ0v) is 21.7. The Morgan fingerprint density at radius 1 is 0.868 bits per heavy atom. The van der Waals surface area contributed by atoms with Crippen LogP contribution in [-0.4, -0.2) is 20.8 Å². The standard InChI is InChI=1S/C27H15F2N5OS3/c28-15-9-10-19(18(29)11-15)32-25(17(13-31)27-34-21-6-2-4-8-24(21)38-27)36-14-22(35)16(12-30)26-33-20-5-1-3-7-23(20)37-26/h1-11,32,35H,14H2/b22-16-,25-17+. The van der Waals surface area contributed by atoms with E-state index < -0.39 is 11.6 Å². The highest BCUT2D eigenvalue weighted by Gasteiger charge is 2.19. The number of aliphatic hydroxyl groups is 1. The maximum atomic E-state index is 14.5. The van der Waals surface area contributed by atoms with Crippen LogP contribution < -0.4 is 5.32 Å². The van der Waals surface area contributed by atoms with Crippen molar-refractivity contribution in [2.75, 3.05) is 11.1 Å². The van der Waals surface area contributed by atoms with Crippen molar-refractivity contribution in [1.29, 1.82) is 10.5 Å². The molecule has 0 saturated heterocycles. The fourth-order valence-electron chi connectivity index (χ4n) is 3.49. The summed E-state index contributed by atoms with van der Waals surface area (Å²) in [4.78, 5) is 8.97. The molecule has 11 heteroatoms. The van der Waals surface area contributed by atoms with Crippen LogP contribution in [0, 0.1) is 34.3 Å². The molecule has 5 rings (SSSR count). The molecule has 2 heterocycles. The number of anilines is 1. The quantitative estimate of drug-likeness (QED) is 0.155. The number of aliphatic hydroxyl groups excluding tert-OH is 1. The van der Waals surface area contributed by atoms with Crippen molar-refractivity contribution in [3.8, 4) is 12.1 Å². The van der Waals surface area contributed by atoms with Crippen LogP contribution in [0.3, 0.4) is 0 Å². The molecule has 0 amide bonds. The van der Waals surface area contributed by atoms with Crippen molar-refractivity contribution >= 4 is 71.7 Å². The molecule has 0 aliphatic heterocycles. The maximum absolute atomic E-state index is 14.5. The highest BCUT2D eigenvalue weighted by Crippen LogP contribution is 2.35. The topological polar surface area (TPSA) is 106 Å². The van der Waals surface area contributed by atoms with E-state index in [9.17, 15) is 24.4 Å². The number of hydrogen-bond donors (Lipinski definition) is 2. The first-order chi connectivity index (χ1) is 18.5. The molecule has 2 aromatic heterocycles. The average molecular weight is 560 g/mol. The maximum Gasteiger partial charge on any atom is 0.149 e. The number of nitrogens with one attached hydrogen (secondary N) is 1. The number of hydrogen-bond acceptors (Lipinski definition) is 9. The summed E-state index contributed by atoms with van der Waals surface area (Å²) in [6, 6.07) is 21.9. The highest BCUT2D eigenvalue weighted by molar-refractivity contribution is 8.03. The van der Waals surface area contributed by atoms with Crippen molar-refractivity contribution in [3.63, 3.8) is 0 Å². The summed E-state index contributed by atoms with van der Waals surface area (Å²) in [5.41, 5.74) is 1.47. The van der Waals surface area contributed by atoms with Gasteiger partial charge in [0.15, 0.2) is 0 Å². The molecule has 0 aliphatic carbocycles. The molecule has 5 aromatic rings. The van der Waals surface area contributed by atoms with E-state index in [2.05, 4.69) is 21.4 Å². The molecule has 0 atom stereocenters. The third-order valence-corrected chi connectivity index (χ3v) is 8.41. The molecule has 0 saturated carbocycles. The fourth-order valence-corrected chi connectivity index (χ4v) is 6.39. The van der Waals surface area contributed by atoms with Crippen molar-refractivity contribution < 1.29 is 13.9 Å². The first-order valence-electron chi connectivity index (χ1n) is 11.0. The molecule has 0 spiro atoms. The summed E-state index contributed by atoms with van der Waals surface area (Å²) >= 11 is 3.55. The SMILES string of the molecule is N#C/C(=C(/O)CS/C(Nc1ccc(F)cc1F)=C(\C#N)c1nc2ccccc2s1)c1nc2ccccc2s1. The van der Waals surface area contributed by atoms with Crippen LogP contribution in [0.2, 0.25) is 0 Å². The van der Waals surface area contributed by atoms with E-state index in [1.165, 1.54) is 28.7 Å². The third kappa shape index (κ3) is 5.22. The minimum atomic E-state index is -0.850. The number of fused-ring (bicyclic) bond motifs is 2. The number of aromatic nitrogens is 2. The second kappa shape index (κ2) is 11.0. The van der Waals surface area contributed by atoms with Gasteiger partial charge < -0.3 is 10.4 Å². The molecule has 3 aromatic carbocycles. The van der Waals surface area contributed by atoms with E-state index in [4.69, 9.17) is 0 Å². The van der Waals surface area contributed by atoms with E-state index in [-0.39, 0.29) is 33.4 Å². The van der Waals surface area contributed by atoms with Gasteiger partial charge in [0.05, 0.1) is 36.9 Å². The van der Waals surface area contributed by atoms with Crippen LogP contribution in [0.15, 0.2) is 77.5 Å². The summed E-state index contributed by atoms with van der Waals surface area (Å²) in [5.74, 6) is -1.97. The monoisotopic (exact) mass is 559 g/mol. The number of rotatable bonds is 7. The Morgan fingerprint density at radius 2 is 1.45 bits per heavy atom. The number of nitrogens with zero attached hydrogens (tertiary/aromatic N) is 4. The number of thiazole rings is 2. The lowest BCUT2D eigenvalue weighted by atomic mass is 10.2. The molecule has 0 radical (unpaired) electrons. The van der Waals surface area contributed by atoms with Crippen LogP contribution in [0.4, 0.5) is 14.5 Å². The second-order valence-electron chi connectivity index (χ2n) is 7.76. The van der Waals surface area contributed by atoms with Crippen molar-refractivity contribution in [3.05, 3.63) is 99.2 Å². The Morgan fingerprint density at radius 3 is 2.00 bits per heavy atom. The van der Waals surface area contributed by atoms with E-state index in [0.717, 1.165) is 33.3 Å². The zero-order chi connectivity index (χ0) is 26.6. The molecular formula is C27H15F2N5OS3. The molecule has 0 aliphatic rings. The zero-order valence-electron chi connectivity index (χ0n) is 19.3. The number of para-hydroxylation sites is 2. The Labute approximate surface area is 227 Å². The molecule has 0 bridgehead atoms. The van der Waals surface area contributed by atoms with Gasteiger partial charge in [-0.3, -0.25) is 0 Å². The van der Waals surface area contributed by atoms with Gasteiger partial charge >= 0.3 is 0 Å². The third-order valence-electron chi connectivity index (χ3n) is 5.29. The fraction of sp³-hybridized carbons (Fsp3) is 0.0370. The van der Waals surface area contributed by atoms with E-state index in [1.54, 1.807) is 0 Å². The Bertz CT molecular complexity index is 1760. The highest BCUT2D eigenvalue weighted by atomic mass is 32.2. The van der Waals surface area contributed by atoms with Gasteiger partial charge in [0, 0.05) is 6.07 Å². The van der Waals surface area contributed by atoms with Gasteiger partial charge in [-0.2, -0.15) is 10.5 Å². The number of halogens is 2. The predicted octanol–water partition coefficient (Wildman–Crippen LogP) is 7.71. The number of benzene rings is 3. The minimum absolute atomic E-state index is 0.00417. The average Bonchev–Trinajstić information content (AvgIpc) is 3.53. The van der Waals surface area contributed by atoms with E-state index in [0.29, 0.717) is 21.0 Å². The first kappa shape index (κ1) is 25.4. The van der Waals surface area contributed by atoms with Crippen LogP contribution in [0.5, 0.6) is 0 Å². The second-order valence-corrected chi connectivity index (χ2v) is 10.8. The van der Waals surface area contributed by atoms with Crippen molar-refractivity contribution in [2.24, 2.45) is 0 Å². The smallest absolute Gasteiger partial charge is 0.149 e. The lowest BCUT2D eigenvalue weighted by molar-refractivity contribution is 0.421. The predicted molar refractivity (Wildman–Crippen MR) is 149 cm³/mol. The summed E-state index contributed by atoms with van der Waals surface area (Å²) < 4.78 is 29.7. The van der Waals surface area contributed by atoms with Crippen molar-refractivity contribution in [2.45, 2.75) is 0 Å². The molecule has 0 unspecified atom stereocenters. The van der Waals surface area contributed by atoms with Gasteiger partial charge in [-0.25, -0.2) is 18.7 Å².